The predicted octanol–water partition coefficient (Wildman–Crippen LogP) is 6.23. The first-order valence-electron chi connectivity index (χ1n) is 9.02. The first-order chi connectivity index (χ1) is 13.1. The van der Waals surface area contributed by atoms with Crippen LogP contribution in [0.1, 0.15) is 29.5 Å². The van der Waals surface area contributed by atoms with E-state index in [4.69, 9.17) is 11.6 Å². The molecule has 0 amide bonds. The molecular formula is C22H17ClN2O2. The van der Waals surface area contributed by atoms with Crippen LogP contribution >= 0.6 is 11.6 Å². The van der Waals surface area contributed by atoms with Crippen LogP contribution in [0, 0.1) is 16.0 Å². The number of halogens is 1. The Balaban J connectivity index is 1.67. The third-order valence-electron chi connectivity index (χ3n) is 5.79. The van der Waals surface area contributed by atoms with Crippen LogP contribution in [-0.2, 0) is 0 Å². The van der Waals surface area contributed by atoms with E-state index < -0.39 is 4.92 Å². The van der Waals surface area contributed by atoms with Gasteiger partial charge in [0.05, 0.1) is 11.0 Å². The molecule has 134 valence electrons. The fraction of sp³-hybridized carbons (Fsp3) is 0.182. The number of hydrogen-bond acceptors (Lipinski definition) is 3. The fourth-order valence-corrected chi connectivity index (χ4v) is 4.72. The molecule has 0 fully saturated rings. The SMILES string of the molecule is O=[N+]([O-])c1cc([C@@H]2Nc3c(ccc4ccccc34)[C@@H]3C=CC[C@@H]32)ccc1Cl. The largest absolute Gasteiger partial charge is 0.377 e. The van der Waals surface area contributed by atoms with Crippen molar-refractivity contribution in [2.24, 2.45) is 5.92 Å². The Morgan fingerprint density at radius 2 is 1.96 bits per heavy atom. The van der Waals surface area contributed by atoms with E-state index in [0.29, 0.717) is 11.8 Å². The van der Waals surface area contributed by atoms with E-state index in [1.807, 2.05) is 18.2 Å². The molecule has 1 aliphatic heterocycles. The molecule has 5 rings (SSSR count). The van der Waals surface area contributed by atoms with E-state index in [0.717, 1.165) is 17.7 Å². The number of anilines is 1. The lowest BCUT2D eigenvalue weighted by Gasteiger charge is -2.38. The van der Waals surface area contributed by atoms with E-state index in [1.54, 1.807) is 12.1 Å². The van der Waals surface area contributed by atoms with Gasteiger partial charge in [-0.15, -0.1) is 0 Å². The van der Waals surface area contributed by atoms with Gasteiger partial charge < -0.3 is 5.32 Å². The van der Waals surface area contributed by atoms with Gasteiger partial charge in [-0.1, -0.05) is 66.2 Å². The maximum absolute atomic E-state index is 11.3. The van der Waals surface area contributed by atoms with Gasteiger partial charge in [0.2, 0.25) is 0 Å². The lowest BCUT2D eigenvalue weighted by Crippen LogP contribution is -2.29. The van der Waals surface area contributed by atoms with Crippen molar-refractivity contribution in [2.75, 3.05) is 5.32 Å². The smallest absolute Gasteiger partial charge is 0.288 e. The molecule has 4 nitrogen and oxygen atoms in total. The maximum atomic E-state index is 11.3. The summed E-state index contributed by atoms with van der Waals surface area (Å²) in [5, 5.41) is 17.6. The third-order valence-corrected chi connectivity index (χ3v) is 6.11. The fourth-order valence-electron chi connectivity index (χ4n) is 4.53. The molecule has 0 radical (unpaired) electrons. The maximum Gasteiger partial charge on any atom is 0.288 e. The predicted molar refractivity (Wildman–Crippen MR) is 108 cm³/mol. The van der Waals surface area contributed by atoms with Crippen LogP contribution in [0.2, 0.25) is 5.02 Å². The van der Waals surface area contributed by atoms with Gasteiger partial charge in [0, 0.05) is 23.1 Å². The number of hydrogen-bond donors (Lipinski definition) is 1. The summed E-state index contributed by atoms with van der Waals surface area (Å²) < 4.78 is 0. The van der Waals surface area contributed by atoms with Crippen molar-refractivity contribution in [3.63, 3.8) is 0 Å². The number of fused-ring (bicyclic) bond motifs is 5. The Kier molecular flexibility index (Phi) is 3.69. The summed E-state index contributed by atoms with van der Waals surface area (Å²) in [5.74, 6) is 0.644. The van der Waals surface area contributed by atoms with Crippen LogP contribution in [0.4, 0.5) is 11.4 Å². The minimum atomic E-state index is -0.414. The zero-order valence-electron chi connectivity index (χ0n) is 14.4. The number of nitro groups is 1. The molecule has 27 heavy (non-hydrogen) atoms. The Hall–Kier alpha value is -2.85. The van der Waals surface area contributed by atoms with Crippen molar-refractivity contribution in [3.8, 4) is 0 Å². The highest BCUT2D eigenvalue weighted by Crippen LogP contribution is 2.51. The normalized spacial score (nSPS) is 22.9. The average molecular weight is 377 g/mol. The van der Waals surface area contributed by atoms with Crippen LogP contribution in [0.5, 0.6) is 0 Å². The summed E-state index contributed by atoms with van der Waals surface area (Å²) in [7, 11) is 0. The van der Waals surface area contributed by atoms with Crippen molar-refractivity contribution in [1.82, 2.24) is 0 Å². The van der Waals surface area contributed by atoms with Gasteiger partial charge in [-0.25, -0.2) is 0 Å². The molecule has 1 aliphatic carbocycles. The summed E-state index contributed by atoms with van der Waals surface area (Å²) >= 11 is 6.03. The van der Waals surface area contributed by atoms with Gasteiger partial charge in [0.1, 0.15) is 5.02 Å². The van der Waals surface area contributed by atoms with Crippen molar-refractivity contribution in [3.05, 3.63) is 93.0 Å². The van der Waals surface area contributed by atoms with Gasteiger partial charge in [-0.2, -0.15) is 0 Å². The third kappa shape index (κ3) is 2.52. The molecule has 0 aromatic heterocycles. The molecule has 0 bridgehead atoms. The number of rotatable bonds is 2. The topological polar surface area (TPSA) is 55.2 Å². The second-order valence-electron chi connectivity index (χ2n) is 7.19. The van der Waals surface area contributed by atoms with E-state index in [1.165, 1.54) is 16.3 Å². The number of nitrogens with one attached hydrogen (secondary N) is 1. The van der Waals surface area contributed by atoms with E-state index in [-0.39, 0.29) is 16.8 Å². The zero-order chi connectivity index (χ0) is 18.5. The second kappa shape index (κ2) is 6.10. The molecule has 1 N–H and O–H groups in total. The van der Waals surface area contributed by atoms with Gasteiger partial charge in [0.25, 0.3) is 5.69 Å². The molecule has 0 saturated heterocycles. The Labute approximate surface area is 161 Å². The minimum Gasteiger partial charge on any atom is -0.377 e. The lowest BCUT2D eigenvalue weighted by molar-refractivity contribution is -0.384. The average Bonchev–Trinajstić information content (AvgIpc) is 3.17. The first kappa shape index (κ1) is 16.3. The Morgan fingerprint density at radius 1 is 1.11 bits per heavy atom. The monoisotopic (exact) mass is 376 g/mol. The number of benzene rings is 3. The molecule has 0 spiro atoms. The lowest BCUT2D eigenvalue weighted by atomic mass is 9.76. The second-order valence-corrected chi connectivity index (χ2v) is 7.60. The van der Waals surface area contributed by atoms with Crippen molar-refractivity contribution in [1.29, 1.82) is 0 Å². The first-order valence-corrected chi connectivity index (χ1v) is 9.40. The summed E-state index contributed by atoms with van der Waals surface area (Å²) in [6, 6.07) is 17.8. The quantitative estimate of drug-likeness (QED) is 0.327. The summed E-state index contributed by atoms with van der Waals surface area (Å²) in [6.07, 6.45) is 5.44. The Morgan fingerprint density at radius 3 is 2.81 bits per heavy atom. The minimum absolute atomic E-state index is 0.000673. The molecule has 3 aromatic carbocycles. The summed E-state index contributed by atoms with van der Waals surface area (Å²) in [5.41, 5.74) is 3.29. The van der Waals surface area contributed by atoms with Crippen molar-refractivity contribution >= 4 is 33.7 Å². The van der Waals surface area contributed by atoms with E-state index >= 15 is 0 Å². The van der Waals surface area contributed by atoms with Gasteiger partial charge in [-0.05, 0) is 34.9 Å². The summed E-state index contributed by atoms with van der Waals surface area (Å²) in [4.78, 5) is 10.9. The zero-order valence-corrected chi connectivity index (χ0v) is 15.2. The molecule has 3 atom stereocenters. The van der Waals surface area contributed by atoms with Crippen molar-refractivity contribution in [2.45, 2.75) is 18.4 Å². The van der Waals surface area contributed by atoms with E-state index in [9.17, 15) is 10.1 Å². The number of nitro benzene ring substituents is 1. The molecule has 1 heterocycles. The number of nitrogens with zero attached hydrogens (tertiary/aromatic N) is 1. The number of allylic oxidation sites excluding steroid dienone is 2. The molecule has 3 aromatic rings. The van der Waals surface area contributed by atoms with Gasteiger partial charge >= 0.3 is 0 Å². The van der Waals surface area contributed by atoms with Crippen LogP contribution in [0.15, 0.2) is 66.7 Å². The highest BCUT2D eigenvalue weighted by atomic mass is 35.5. The molecular weight excluding hydrogens is 360 g/mol. The van der Waals surface area contributed by atoms with Gasteiger partial charge in [-0.3, -0.25) is 10.1 Å². The summed E-state index contributed by atoms with van der Waals surface area (Å²) in [6.45, 7) is 0. The highest BCUT2D eigenvalue weighted by molar-refractivity contribution is 6.32. The van der Waals surface area contributed by atoms with Crippen LogP contribution in [0.25, 0.3) is 10.8 Å². The molecule has 5 heteroatoms. The Bertz CT molecular complexity index is 1110. The van der Waals surface area contributed by atoms with Crippen LogP contribution in [-0.4, -0.2) is 4.92 Å². The van der Waals surface area contributed by atoms with Crippen molar-refractivity contribution < 1.29 is 4.92 Å². The van der Waals surface area contributed by atoms with Gasteiger partial charge in [0.15, 0.2) is 0 Å². The molecule has 2 aliphatic rings. The molecule has 0 saturated carbocycles. The highest BCUT2D eigenvalue weighted by Gasteiger charge is 2.39. The molecule has 0 unspecified atom stereocenters. The van der Waals surface area contributed by atoms with Crippen LogP contribution in [0.3, 0.4) is 0 Å². The van der Waals surface area contributed by atoms with Crippen LogP contribution < -0.4 is 5.32 Å². The van der Waals surface area contributed by atoms with E-state index in [2.05, 4.69) is 41.7 Å². The standard InChI is InChI=1S/C22H17ClN2O2/c23-19-11-9-14(12-20(19)25(26)27)21-17-7-3-6-16(17)18-10-8-13-4-1-2-5-15(13)22(18)24-21/h1-6,8-12,16-17,21,24H,7H2/t16-,17+,21+/m1/s1.